The predicted molar refractivity (Wildman–Crippen MR) is 181 cm³/mol. The molecule has 4 aliphatic rings. The Bertz CT molecular complexity index is 1590. The Morgan fingerprint density at radius 1 is 1.12 bits per heavy atom. The second-order valence-corrected chi connectivity index (χ2v) is 16.4. The molecule has 1 aromatic carbocycles. The lowest BCUT2D eigenvalue weighted by Crippen LogP contribution is -2.58. The minimum absolute atomic E-state index is 0.0740. The van der Waals surface area contributed by atoms with E-state index in [0.717, 1.165) is 5.56 Å². The molecule has 1 aromatic rings. The second kappa shape index (κ2) is 15.1. The summed E-state index contributed by atoms with van der Waals surface area (Å²) in [6.07, 6.45) is 3.69. The summed E-state index contributed by atoms with van der Waals surface area (Å²) < 4.78 is 44.7. The number of ether oxygens (including phenoxy) is 3. The molecule has 50 heavy (non-hydrogen) atoms. The lowest BCUT2D eigenvalue weighted by atomic mass is 9.97. The van der Waals surface area contributed by atoms with Crippen molar-refractivity contribution in [3.8, 4) is 0 Å². The first-order chi connectivity index (χ1) is 23.6. The summed E-state index contributed by atoms with van der Waals surface area (Å²) in [5.41, 5.74) is -1.64. The quantitative estimate of drug-likeness (QED) is 0.267. The van der Waals surface area contributed by atoms with E-state index < -0.39 is 86.2 Å². The number of rotatable bonds is 8. The number of amides is 4. The van der Waals surface area contributed by atoms with E-state index in [9.17, 15) is 32.4 Å². The fourth-order valence-electron chi connectivity index (χ4n) is 6.48. The van der Waals surface area contributed by atoms with Gasteiger partial charge in [-0.3, -0.25) is 23.9 Å². The van der Waals surface area contributed by atoms with E-state index in [0.29, 0.717) is 25.7 Å². The van der Waals surface area contributed by atoms with Crippen LogP contribution in [0.2, 0.25) is 0 Å². The molecule has 1 unspecified atom stereocenters. The number of hydrogen-bond donors (Lipinski definition) is 3. The van der Waals surface area contributed by atoms with Gasteiger partial charge in [-0.05, 0) is 64.9 Å². The zero-order chi connectivity index (χ0) is 36.3. The Kier molecular flexibility index (Phi) is 11.3. The van der Waals surface area contributed by atoms with Gasteiger partial charge in [0.15, 0.2) is 0 Å². The highest BCUT2D eigenvalue weighted by atomic mass is 32.2. The molecule has 2 heterocycles. The van der Waals surface area contributed by atoms with Gasteiger partial charge in [0, 0.05) is 18.9 Å². The number of sulfonamides is 1. The fourth-order valence-corrected chi connectivity index (χ4v) is 7.84. The lowest BCUT2D eigenvalue weighted by Gasteiger charge is -2.30. The molecule has 1 saturated heterocycles. The van der Waals surface area contributed by atoms with Crippen LogP contribution < -0.4 is 15.4 Å². The van der Waals surface area contributed by atoms with E-state index in [2.05, 4.69) is 15.4 Å². The molecule has 0 radical (unpaired) electrons. The molecule has 2 aliphatic heterocycles. The van der Waals surface area contributed by atoms with Crippen molar-refractivity contribution in [3.63, 3.8) is 0 Å². The summed E-state index contributed by atoms with van der Waals surface area (Å²) in [4.78, 5) is 69.5. The van der Waals surface area contributed by atoms with Crippen LogP contribution in [0.4, 0.5) is 4.79 Å². The van der Waals surface area contributed by atoms with Gasteiger partial charge >= 0.3 is 12.1 Å². The number of fused-ring (bicyclic) bond motifs is 2. The number of benzene rings is 1. The SMILES string of the molecule is CCC(C(=O)O[C@@H]1C[C@H]2C(=O)N[C@]3(C(=O)NS(=O)(=O)C4CC4)C[C@H]3/C=C\COCCC[C@H](NC(=O)OC(C)(C)C)C(=O)N2C1)c1ccccc1. The van der Waals surface area contributed by atoms with Crippen LogP contribution in [0.5, 0.6) is 0 Å². The number of esters is 1. The fraction of sp³-hybridized carbons (Fsp3) is 0.629. The molecule has 2 saturated carbocycles. The average molecular weight is 717 g/mol. The molecule has 0 aromatic heterocycles. The normalized spacial score (nSPS) is 28.8. The zero-order valence-electron chi connectivity index (χ0n) is 29.0. The summed E-state index contributed by atoms with van der Waals surface area (Å²) in [5.74, 6) is -3.75. The number of nitrogens with one attached hydrogen (secondary N) is 3. The summed E-state index contributed by atoms with van der Waals surface area (Å²) in [5, 5.41) is 4.76. The number of alkyl carbamates (subject to hydrolysis) is 1. The molecule has 14 nitrogen and oxygen atoms in total. The van der Waals surface area contributed by atoms with Crippen LogP contribution in [0.25, 0.3) is 0 Å². The van der Waals surface area contributed by atoms with Gasteiger partial charge in [-0.2, -0.15) is 0 Å². The van der Waals surface area contributed by atoms with Crippen LogP contribution in [0, 0.1) is 5.92 Å². The molecule has 3 N–H and O–H groups in total. The van der Waals surface area contributed by atoms with Gasteiger partial charge in [-0.1, -0.05) is 49.4 Å². The van der Waals surface area contributed by atoms with Crippen molar-refractivity contribution in [3.05, 3.63) is 48.0 Å². The third-order valence-corrected chi connectivity index (χ3v) is 11.2. The van der Waals surface area contributed by atoms with Crippen LogP contribution in [-0.4, -0.2) is 97.4 Å². The standard InChI is InChI=1S/C35H48N4O10S/c1-5-26(22-11-7-6-8-12-22)31(42)48-24-19-28-29(40)37-35(32(43)38-50(45,46)25-15-16-25)20-23(35)13-9-17-47-18-10-14-27(30(41)39(28)21-24)36-33(44)49-34(2,3)4/h6-9,11-13,23-28H,5,10,14-21H2,1-4H3,(H,36,44)(H,37,40)(H,38,43)/b13-9-/t23-,24-,26?,27+,28+,35-/m1/s1. The minimum atomic E-state index is -3.92. The molecule has 3 fully saturated rings. The van der Waals surface area contributed by atoms with Gasteiger partial charge in [0.25, 0.3) is 5.91 Å². The van der Waals surface area contributed by atoms with Gasteiger partial charge in [-0.25, -0.2) is 13.2 Å². The van der Waals surface area contributed by atoms with E-state index in [-0.39, 0.29) is 39.0 Å². The summed E-state index contributed by atoms with van der Waals surface area (Å²) in [7, 11) is -3.92. The van der Waals surface area contributed by atoms with Crippen molar-refractivity contribution in [2.75, 3.05) is 19.8 Å². The molecule has 6 atom stereocenters. The van der Waals surface area contributed by atoms with Crippen LogP contribution in [-0.2, 0) is 43.4 Å². The number of nitrogens with zero attached hydrogens (tertiary/aromatic N) is 1. The highest BCUT2D eigenvalue weighted by molar-refractivity contribution is 7.91. The highest BCUT2D eigenvalue weighted by Gasteiger charge is 2.62. The molecule has 0 bridgehead atoms. The monoisotopic (exact) mass is 716 g/mol. The highest BCUT2D eigenvalue weighted by Crippen LogP contribution is 2.46. The number of carbonyl (C=O) groups is 5. The van der Waals surface area contributed by atoms with Crippen LogP contribution in [0.15, 0.2) is 42.5 Å². The van der Waals surface area contributed by atoms with Crippen molar-refractivity contribution in [2.45, 2.75) is 113 Å². The smallest absolute Gasteiger partial charge is 0.408 e. The van der Waals surface area contributed by atoms with Gasteiger partial charge in [0.2, 0.25) is 21.8 Å². The van der Waals surface area contributed by atoms with Crippen molar-refractivity contribution >= 4 is 39.8 Å². The Morgan fingerprint density at radius 2 is 1.84 bits per heavy atom. The Hall–Kier alpha value is -3.98. The average Bonchev–Trinajstić information content (AvgIpc) is 3.96. The Morgan fingerprint density at radius 3 is 2.50 bits per heavy atom. The molecule has 4 amide bonds. The van der Waals surface area contributed by atoms with Crippen molar-refractivity contribution < 1.29 is 46.6 Å². The first-order valence-corrected chi connectivity index (χ1v) is 18.9. The van der Waals surface area contributed by atoms with Crippen LogP contribution in [0.3, 0.4) is 0 Å². The molecule has 15 heteroatoms. The summed E-state index contributed by atoms with van der Waals surface area (Å²) in [6, 6.07) is 6.84. The third-order valence-electron chi connectivity index (χ3n) is 9.34. The molecule has 0 spiro atoms. The Balaban J connectivity index is 1.42. The first kappa shape index (κ1) is 37.3. The third kappa shape index (κ3) is 9.02. The topological polar surface area (TPSA) is 187 Å². The van der Waals surface area contributed by atoms with Crippen LogP contribution >= 0.6 is 0 Å². The van der Waals surface area contributed by atoms with Gasteiger partial charge in [0.1, 0.15) is 29.3 Å². The maximum atomic E-state index is 14.3. The maximum Gasteiger partial charge on any atom is 0.408 e. The first-order valence-electron chi connectivity index (χ1n) is 17.3. The number of hydrogen-bond acceptors (Lipinski definition) is 10. The van der Waals surface area contributed by atoms with Crippen LogP contribution in [0.1, 0.15) is 84.1 Å². The molecular formula is C35H48N4O10S. The summed E-state index contributed by atoms with van der Waals surface area (Å²) in [6.45, 7) is 7.23. The summed E-state index contributed by atoms with van der Waals surface area (Å²) >= 11 is 0. The number of carbonyl (C=O) groups excluding carboxylic acids is 5. The zero-order valence-corrected chi connectivity index (χ0v) is 29.8. The minimum Gasteiger partial charge on any atom is -0.460 e. The molecule has 2 aliphatic carbocycles. The largest absolute Gasteiger partial charge is 0.460 e. The van der Waals surface area contributed by atoms with E-state index in [1.807, 2.05) is 37.3 Å². The second-order valence-electron chi connectivity index (χ2n) is 14.5. The van der Waals surface area contributed by atoms with E-state index >= 15 is 0 Å². The van der Waals surface area contributed by atoms with Crippen molar-refractivity contribution in [2.24, 2.45) is 5.92 Å². The lowest BCUT2D eigenvalue weighted by molar-refractivity contribution is -0.151. The molecule has 274 valence electrons. The van der Waals surface area contributed by atoms with Gasteiger partial charge < -0.3 is 29.7 Å². The van der Waals surface area contributed by atoms with Gasteiger partial charge in [-0.15, -0.1) is 0 Å². The van der Waals surface area contributed by atoms with Crippen molar-refractivity contribution in [1.29, 1.82) is 0 Å². The molecular weight excluding hydrogens is 668 g/mol. The van der Waals surface area contributed by atoms with Gasteiger partial charge in [0.05, 0.1) is 24.3 Å². The van der Waals surface area contributed by atoms with Crippen molar-refractivity contribution in [1.82, 2.24) is 20.3 Å². The van der Waals surface area contributed by atoms with E-state index in [1.54, 1.807) is 32.9 Å². The maximum absolute atomic E-state index is 14.3. The van der Waals surface area contributed by atoms with E-state index in [1.165, 1.54) is 4.90 Å². The predicted octanol–water partition coefficient (Wildman–Crippen LogP) is 2.44. The Labute approximate surface area is 293 Å². The molecule has 5 rings (SSSR count). The van der Waals surface area contributed by atoms with E-state index in [4.69, 9.17) is 14.2 Å².